The van der Waals surface area contributed by atoms with Crippen LogP contribution >= 0.6 is 0 Å². The summed E-state index contributed by atoms with van der Waals surface area (Å²) in [5, 5.41) is 7.61. The fourth-order valence-corrected chi connectivity index (χ4v) is 2.66. The number of morpholine rings is 1. The molecule has 1 unspecified atom stereocenters. The smallest absolute Gasteiger partial charge is 0.0924 e. The van der Waals surface area contributed by atoms with E-state index in [-0.39, 0.29) is 17.5 Å². The van der Waals surface area contributed by atoms with Crippen molar-refractivity contribution >= 4 is 5.84 Å². The van der Waals surface area contributed by atoms with Gasteiger partial charge in [0.05, 0.1) is 18.0 Å². The summed E-state index contributed by atoms with van der Waals surface area (Å²) in [5.41, 5.74) is 6.71. The van der Waals surface area contributed by atoms with Gasteiger partial charge in [0, 0.05) is 25.6 Å². The van der Waals surface area contributed by atoms with Crippen LogP contribution in [0.1, 0.15) is 31.9 Å². The highest BCUT2D eigenvalue weighted by Crippen LogP contribution is 2.29. The number of rotatable bonds is 4. The first-order valence-electron chi connectivity index (χ1n) is 6.74. The van der Waals surface area contributed by atoms with E-state index in [1.54, 1.807) is 0 Å². The van der Waals surface area contributed by atoms with Crippen molar-refractivity contribution in [3.63, 3.8) is 0 Å². The van der Waals surface area contributed by atoms with E-state index < -0.39 is 0 Å². The monoisotopic (exact) mass is 261 g/mol. The summed E-state index contributed by atoms with van der Waals surface area (Å²) in [6.07, 6.45) is 0.570. The van der Waals surface area contributed by atoms with Gasteiger partial charge in [0.25, 0.3) is 0 Å². The quantitative estimate of drug-likeness (QED) is 0.645. The van der Waals surface area contributed by atoms with Gasteiger partial charge in [-0.1, -0.05) is 30.3 Å². The van der Waals surface area contributed by atoms with Crippen molar-refractivity contribution in [1.82, 2.24) is 4.90 Å². The summed E-state index contributed by atoms with van der Waals surface area (Å²) < 4.78 is 5.76. The molecule has 1 atom stereocenters. The van der Waals surface area contributed by atoms with Crippen molar-refractivity contribution in [2.45, 2.75) is 31.9 Å². The normalized spacial score (nSPS) is 20.9. The SMILES string of the molecule is CC1(C)CN(C(CC(=N)N)c2ccccc2)CCO1. The fraction of sp³-hybridized carbons (Fsp3) is 0.533. The number of amidine groups is 1. The standard InChI is InChI=1S/C15H23N3O/c1-15(2)11-18(8-9-19-15)13(10-14(16)17)12-6-4-3-5-7-12/h3-7,13H,8-11H2,1-2H3,(H3,16,17). The molecule has 3 N–H and O–H groups in total. The summed E-state index contributed by atoms with van der Waals surface area (Å²) in [6, 6.07) is 10.5. The van der Waals surface area contributed by atoms with E-state index in [1.807, 2.05) is 18.2 Å². The van der Waals surface area contributed by atoms with Gasteiger partial charge in [0.2, 0.25) is 0 Å². The Bertz CT molecular complexity index is 430. The molecule has 104 valence electrons. The largest absolute Gasteiger partial charge is 0.388 e. The number of hydrogen-bond acceptors (Lipinski definition) is 3. The van der Waals surface area contributed by atoms with E-state index >= 15 is 0 Å². The maximum Gasteiger partial charge on any atom is 0.0924 e. The lowest BCUT2D eigenvalue weighted by molar-refractivity contribution is -0.0970. The topological polar surface area (TPSA) is 62.3 Å². The Kier molecular flexibility index (Phi) is 4.22. The molecule has 0 radical (unpaired) electrons. The molecule has 1 saturated heterocycles. The number of nitrogens with two attached hydrogens (primary N) is 1. The lowest BCUT2D eigenvalue weighted by atomic mass is 9.98. The van der Waals surface area contributed by atoms with Crippen molar-refractivity contribution in [3.05, 3.63) is 35.9 Å². The number of nitrogens with zero attached hydrogens (tertiary/aromatic N) is 1. The van der Waals surface area contributed by atoms with Crippen LogP contribution in [0.15, 0.2) is 30.3 Å². The van der Waals surface area contributed by atoms with Crippen molar-refractivity contribution in [3.8, 4) is 0 Å². The third kappa shape index (κ3) is 3.78. The third-order valence-electron chi connectivity index (χ3n) is 3.49. The Morgan fingerprint density at radius 1 is 1.42 bits per heavy atom. The van der Waals surface area contributed by atoms with Gasteiger partial charge in [0.15, 0.2) is 0 Å². The van der Waals surface area contributed by atoms with Gasteiger partial charge in [-0.3, -0.25) is 10.3 Å². The van der Waals surface area contributed by atoms with E-state index in [2.05, 4.69) is 30.9 Å². The van der Waals surface area contributed by atoms with Crippen LogP contribution in [-0.4, -0.2) is 36.0 Å². The Balaban J connectivity index is 2.20. The molecular formula is C15H23N3O. The second-order valence-corrected chi connectivity index (χ2v) is 5.73. The minimum Gasteiger partial charge on any atom is -0.388 e. The van der Waals surface area contributed by atoms with E-state index in [0.29, 0.717) is 6.42 Å². The molecule has 1 aromatic carbocycles. The van der Waals surface area contributed by atoms with Crippen LogP contribution < -0.4 is 5.73 Å². The molecule has 1 aromatic rings. The van der Waals surface area contributed by atoms with Crippen LogP contribution in [0.25, 0.3) is 0 Å². The molecule has 1 fully saturated rings. The zero-order chi connectivity index (χ0) is 13.9. The molecule has 0 aromatic heterocycles. The lowest BCUT2D eigenvalue weighted by Gasteiger charge is -2.42. The van der Waals surface area contributed by atoms with Crippen molar-refractivity contribution in [2.24, 2.45) is 5.73 Å². The molecule has 19 heavy (non-hydrogen) atoms. The minimum atomic E-state index is -0.137. The van der Waals surface area contributed by atoms with Gasteiger partial charge in [0.1, 0.15) is 0 Å². The van der Waals surface area contributed by atoms with Gasteiger partial charge in [-0.15, -0.1) is 0 Å². The number of ether oxygens (including phenoxy) is 1. The number of nitrogens with one attached hydrogen (secondary N) is 1. The molecule has 0 amide bonds. The second kappa shape index (κ2) is 5.72. The van der Waals surface area contributed by atoms with E-state index in [1.165, 1.54) is 5.56 Å². The van der Waals surface area contributed by atoms with Crippen LogP contribution in [0.2, 0.25) is 0 Å². The highest BCUT2D eigenvalue weighted by Gasteiger charge is 2.32. The Labute approximate surface area is 115 Å². The Morgan fingerprint density at radius 2 is 2.11 bits per heavy atom. The van der Waals surface area contributed by atoms with E-state index in [4.69, 9.17) is 15.9 Å². The summed E-state index contributed by atoms with van der Waals surface area (Å²) in [7, 11) is 0. The van der Waals surface area contributed by atoms with Gasteiger partial charge in [-0.25, -0.2) is 0 Å². The van der Waals surface area contributed by atoms with Crippen LogP contribution in [0.5, 0.6) is 0 Å². The molecule has 1 aliphatic heterocycles. The molecule has 4 heteroatoms. The van der Waals surface area contributed by atoms with Gasteiger partial charge in [-0.05, 0) is 19.4 Å². The average Bonchev–Trinajstić information content (AvgIpc) is 2.35. The zero-order valence-corrected chi connectivity index (χ0v) is 11.7. The molecule has 2 rings (SSSR count). The fourth-order valence-electron chi connectivity index (χ4n) is 2.66. The minimum absolute atomic E-state index is 0.137. The lowest BCUT2D eigenvalue weighted by Crippen LogP contribution is -2.50. The van der Waals surface area contributed by atoms with Gasteiger partial charge >= 0.3 is 0 Å². The van der Waals surface area contributed by atoms with E-state index in [0.717, 1.165) is 19.7 Å². The Hall–Kier alpha value is -1.39. The van der Waals surface area contributed by atoms with Crippen LogP contribution in [-0.2, 0) is 4.74 Å². The molecule has 0 aliphatic carbocycles. The second-order valence-electron chi connectivity index (χ2n) is 5.73. The zero-order valence-electron chi connectivity index (χ0n) is 11.7. The van der Waals surface area contributed by atoms with Crippen LogP contribution in [0, 0.1) is 5.41 Å². The summed E-state index contributed by atoms with van der Waals surface area (Å²) in [6.45, 7) is 6.69. The predicted molar refractivity (Wildman–Crippen MR) is 77.3 cm³/mol. The van der Waals surface area contributed by atoms with Gasteiger partial charge < -0.3 is 10.5 Å². The highest BCUT2D eigenvalue weighted by atomic mass is 16.5. The van der Waals surface area contributed by atoms with Crippen molar-refractivity contribution in [1.29, 1.82) is 5.41 Å². The summed E-state index contributed by atoms with van der Waals surface area (Å²) >= 11 is 0. The van der Waals surface area contributed by atoms with Crippen LogP contribution in [0.4, 0.5) is 0 Å². The van der Waals surface area contributed by atoms with Gasteiger partial charge in [-0.2, -0.15) is 0 Å². The van der Waals surface area contributed by atoms with E-state index in [9.17, 15) is 0 Å². The number of hydrogen-bond donors (Lipinski definition) is 2. The van der Waals surface area contributed by atoms with Crippen molar-refractivity contribution in [2.75, 3.05) is 19.7 Å². The molecule has 1 aliphatic rings. The molecule has 4 nitrogen and oxygen atoms in total. The maximum absolute atomic E-state index is 7.61. The van der Waals surface area contributed by atoms with Crippen molar-refractivity contribution < 1.29 is 4.74 Å². The molecule has 0 spiro atoms. The maximum atomic E-state index is 7.61. The number of benzene rings is 1. The summed E-state index contributed by atoms with van der Waals surface area (Å²) in [5.74, 6) is 0.234. The first-order chi connectivity index (χ1) is 8.98. The van der Waals surface area contributed by atoms with Crippen LogP contribution in [0.3, 0.4) is 0 Å². The molecular weight excluding hydrogens is 238 g/mol. The third-order valence-corrected chi connectivity index (χ3v) is 3.49. The first-order valence-corrected chi connectivity index (χ1v) is 6.74. The predicted octanol–water partition coefficient (Wildman–Crippen LogP) is 2.16. The average molecular weight is 261 g/mol. The first kappa shape index (κ1) is 14.0. The summed E-state index contributed by atoms with van der Waals surface area (Å²) in [4.78, 5) is 2.38. The molecule has 0 saturated carbocycles. The molecule has 0 bridgehead atoms. The Morgan fingerprint density at radius 3 is 2.68 bits per heavy atom. The molecule has 1 heterocycles. The highest BCUT2D eigenvalue weighted by molar-refractivity contribution is 5.77.